The number of thiophene rings is 1. The first-order valence-corrected chi connectivity index (χ1v) is 10.8. The van der Waals surface area contributed by atoms with Gasteiger partial charge in [-0.2, -0.15) is 0 Å². The summed E-state index contributed by atoms with van der Waals surface area (Å²) in [6.45, 7) is 8.50. The summed E-state index contributed by atoms with van der Waals surface area (Å²) in [7, 11) is 1.29. The first-order valence-electron chi connectivity index (χ1n) is 9.95. The molecule has 7 heteroatoms. The first kappa shape index (κ1) is 21.1. The van der Waals surface area contributed by atoms with Crippen molar-refractivity contribution < 1.29 is 13.9 Å². The Morgan fingerprint density at radius 3 is 2.52 bits per heavy atom. The van der Waals surface area contributed by atoms with E-state index in [2.05, 4.69) is 54.8 Å². The van der Waals surface area contributed by atoms with E-state index in [0.717, 1.165) is 11.1 Å². The fourth-order valence-corrected chi connectivity index (χ4v) is 4.49. The van der Waals surface area contributed by atoms with Crippen molar-refractivity contribution in [2.75, 3.05) is 7.11 Å². The molecule has 3 aromatic heterocycles. The molecule has 0 bridgehead atoms. The lowest BCUT2D eigenvalue weighted by Gasteiger charge is -2.19. The maximum absolute atomic E-state index is 13.4. The smallest absolute Gasteiger partial charge is 0.373 e. The van der Waals surface area contributed by atoms with Crippen molar-refractivity contribution in [2.24, 2.45) is 0 Å². The predicted molar refractivity (Wildman–Crippen MR) is 122 cm³/mol. The van der Waals surface area contributed by atoms with Crippen LogP contribution in [0.2, 0.25) is 0 Å². The Labute approximate surface area is 184 Å². The van der Waals surface area contributed by atoms with E-state index >= 15 is 0 Å². The van der Waals surface area contributed by atoms with Gasteiger partial charge in [0.2, 0.25) is 5.76 Å². The van der Waals surface area contributed by atoms with Crippen LogP contribution in [0.25, 0.3) is 21.3 Å². The normalized spacial score (nSPS) is 11.8. The summed E-state index contributed by atoms with van der Waals surface area (Å²) in [4.78, 5) is 30.4. The van der Waals surface area contributed by atoms with Gasteiger partial charge in [0.1, 0.15) is 16.4 Å². The van der Waals surface area contributed by atoms with Gasteiger partial charge in [-0.15, -0.1) is 11.3 Å². The molecule has 0 aliphatic carbocycles. The lowest BCUT2D eigenvalue weighted by Crippen LogP contribution is -2.24. The second-order valence-electron chi connectivity index (χ2n) is 8.46. The number of aromatic nitrogens is 2. The molecule has 0 amide bonds. The van der Waals surface area contributed by atoms with Crippen LogP contribution in [0.4, 0.5) is 0 Å². The number of furan rings is 1. The molecule has 0 atom stereocenters. The standard InChI is InChI=1S/C24H24N2O4S/c1-14-25-21-20(18(13-31-21)15-6-8-16(9-7-15)24(2,3)4)22(27)26(14)12-17-10-11-19(30-17)23(28)29-5/h6-11,13H,12H2,1-5H3. The maximum atomic E-state index is 13.4. The van der Waals surface area contributed by atoms with E-state index in [1.807, 2.05) is 5.38 Å². The third-order valence-corrected chi connectivity index (χ3v) is 6.18. The average molecular weight is 437 g/mol. The number of aryl methyl sites for hydroxylation is 1. The molecule has 0 aliphatic rings. The van der Waals surface area contributed by atoms with Gasteiger partial charge in [-0.3, -0.25) is 9.36 Å². The van der Waals surface area contributed by atoms with Crippen LogP contribution in [0.3, 0.4) is 0 Å². The van der Waals surface area contributed by atoms with E-state index in [4.69, 9.17) is 4.42 Å². The van der Waals surface area contributed by atoms with Crippen LogP contribution in [0.5, 0.6) is 0 Å². The number of benzene rings is 1. The van der Waals surface area contributed by atoms with Gasteiger partial charge in [-0.1, -0.05) is 45.0 Å². The van der Waals surface area contributed by atoms with Crippen LogP contribution in [0.15, 0.2) is 51.0 Å². The molecule has 0 N–H and O–H groups in total. The van der Waals surface area contributed by atoms with E-state index < -0.39 is 5.97 Å². The summed E-state index contributed by atoms with van der Waals surface area (Å²) >= 11 is 1.46. The number of carbonyl (C=O) groups is 1. The lowest BCUT2D eigenvalue weighted by molar-refractivity contribution is 0.0563. The number of carbonyl (C=O) groups excluding carboxylic acids is 1. The number of hydrogen-bond acceptors (Lipinski definition) is 6. The number of methoxy groups -OCH3 is 1. The molecule has 0 spiro atoms. The number of rotatable bonds is 4. The maximum Gasteiger partial charge on any atom is 0.373 e. The van der Waals surface area contributed by atoms with Gasteiger partial charge in [-0.25, -0.2) is 9.78 Å². The Bertz CT molecular complexity index is 1320. The molecule has 0 radical (unpaired) electrons. The average Bonchev–Trinajstić information content (AvgIpc) is 3.37. The third-order valence-electron chi connectivity index (χ3n) is 5.31. The van der Waals surface area contributed by atoms with Crippen LogP contribution >= 0.6 is 11.3 Å². The Balaban J connectivity index is 1.76. The van der Waals surface area contributed by atoms with Crippen LogP contribution in [0, 0.1) is 6.92 Å². The van der Waals surface area contributed by atoms with Gasteiger partial charge in [0.15, 0.2) is 0 Å². The second kappa shape index (κ2) is 7.81. The summed E-state index contributed by atoms with van der Waals surface area (Å²) in [5, 5.41) is 2.58. The zero-order valence-corrected chi connectivity index (χ0v) is 19.0. The molecule has 4 rings (SSSR count). The Kier molecular flexibility index (Phi) is 5.31. The highest BCUT2D eigenvalue weighted by Gasteiger charge is 2.19. The van der Waals surface area contributed by atoms with Gasteiger partial charge in [0.05, 0.1) is 19.0 Å². The summed E-state index contributed by atoms with van der Waals surface area (Å²) < 4.78 is 11.8. The molecule has 160 valence electrons. The van der Waals surface area contributed by atoms with Gasteiger partial charge in [0.25, 0.3) is 5.56 Å². The van der Waals surface area contributed by atoms with E-state index in [1.165, 1.54) is 24.0 Å². The van der Waals surface area contributed by atoms with Crippen LogP contribution in [-0.2, 0) is 16.7 Å². The largest absolute Gasteiger partial charge is 0.463 e. The Morgan fingerprint density at radius 2 is 1.87 bits per heavy atom. The zero-order chi connectivity index (χ0) is 22.3. The molecule has 4 aromatic rings. The molecule has 6 nitrogen and oxygen atoms in total. The van der Waals surface area contributed by atoms with Crippen molar-refractivity contribution in [1.29, 1.82) is 0 Å². The molecule has 0 unspecified atom stereocenters. The minimum atomic E-state index is -0.553. The van der Waals surface area contributed by atoms with Crippen molar-refractivity contribution >= 4 is 27.5 Å². The first-order chi connectivity index (χ1) is 14.7. The van der Waals surface area contributed by atoms with Crippen molar-refractivity contribution in [2.45, 2.75) is 39.7 Å². The van der Waals surface area contributed by atoms with Crippen LogP contribution in [-0.4, -0.2) is 22.6 Å². The summed E-state index contributed by atoms with van der Waals surface area (Å²) in [6.07, 6.45) is 0. The molecule has 0 fully saturated rings. The number of fused-ring (bicyclic) bond motifs is 1. The Morgan fingerprint density at radius 1 is 1.16 bits per heavy atom. The monoisotopic (exact) mass is 436 g/mol. The SMILES string of the molecule is COC(=O)c1ccc(Cn2c(C)nc3scc(-c4ccc(C(C)(C)C)cc4)c3c2=O)o1. The van der Waals surface area contributed by atoms with Crippen molar-refractivity contribution in [3.63, 3.8) is 0 Å². The highest BCUT2D eigenvalue weighted by Crippen LogP contribution is 2.32. The van der Waals surface area contributed by atoms with Gasteiger partial charge in [-0.05, 0) is 35.6 Å². The minimum absolute atomic E-state index is 0.0622. The van der Waals surface area contributed by atoms with Gasteiger partial charge >= 0.3 is 5.97 Å². The summed E-state index contributed by atoms with van der Waals surface area (Å²) in [6, 6.07) is 11.5. The van der Waals surface area contributed by atoms with Crippen LogP contribution in [0.1, 0.15) is 48.5 Å². The molecular formula is C24H24N2O4S. The number of esters is 1. The predicted octanol–water partition coefficient (Wildman–Crippen LogP) is 5.16. The summed E-state index contributed by atoms with van der Waals surface area (Å²) in [5.74, 6) is 0.623. The van der Waals surface area contributed by atoms with Crippen molar-refractivity contribution in [3.8, 4) is 11.1 Å². The molecular weight excluding hydrogens is 412 g/mol. The lowest BCUT2D eigenvalue weighted by atomic mass is 9.86. The highest BCUT2D eigenvalue weighted by atomic mass is 32.1. The fraction of sp³-hybridized carbons (Fsp3) is 0.292. The van der Waals surface area contributed by atoms with E-state index in [-0.39, 0.29) is 23.3 Å². The second-order valence-corrected chi connectivity index (χ2v) is 9.32. The molecule has 1 aromatic carbocycles. The molecule has 0 aliphatic heterocycles. The quantitative estimate of drug-likeness (QED) is 0.413. The molecule has 0 saturated carbocycles. The van der Waals surface area contributed by atoms with Crippen molar-refractivity contribution in [1.82, 2.24) is 9.55 Å². The summed E-state index contributed by atoms with van der Waals surface area (Å²) in [5.41, 5.74) is 3.03. The van der Waals surface area contributed by atoms with E-state index in [0.29, 0.717) is 21.8 Å². The van der Waals surface area contributed by atoms with Crippen molar-refractivity contribution in [3.05, 3.63) is 75.0 Å². The molecule has 0 saturated heterocycles. The minimum Gasteiger partial charge on any atom is -0.463 e. The molecule has 31 heavy (non-hydrogen) atoms. The molecule has 3 heterocycles. The van der Waals surface area contributed by atoms with Gasteiger partial charge in [0, 0.05) is 10.9 Å². The number of nitrogens with zero attached hydrogens (tertiary/aromatic N) is 2. The number of ether oxygens (including phenoxy) is 1. The number of hydrogen-bond donors (Lipinski definition) is 0. The highest BCUT2D eigenvalue weighted by molar-refractivity contribution is 7.17. The fourth-order valence-electron chi connectivity index (χ4n) is 3.50. The van der Waals surface area contributed by atoms with Crippen LogP contribution < -0.4 is 5.56 Å². The zero-order valence-electron chi connectivity index (χ0n) is 18.2. The topological polar surface area (TPSA) is 74.3 Å². The third kappa shape index (κ3) is 3.93. The van der Waals surface area contributed by atoms with E-state index in [9.17, 15) is 9.59 Å². The van der Waals surface area contributed by atoms with Gasteiger partial charge < -0.3 is 9.15 Å². The Hall–Kier alpha value is -3.19. The van der Waals surface area contributed by atoms with E-state index in [1.54, 1.807) is 23.6 Å².